The minimum absolute atomic E-state index is 0.0502. The molecule has 0 spiro atoms. The number of anilines is 1. The van der Waals surface area contributed by atoms with E-state index >= 15 is 0 Å². The maximum atomic E-state index is 12.1. The van der Waals surface area contributed by atoms with Crippen LogP contribution in [0.4, 0.5) is 5.82 Å². The van der Waals surface area contributed by atoms with Gasteiger partial charge in [0, 0.05) is 25.0 Å². The average molecular weight is 265 g/mol. The lowest BCUT2D eigenvalue weighted by atomic mass is 10.3. The van der Waals surface area contributed by atoms with Gasteiger partial charge in [-0.05, 0) is 26.7 Å². The number of nitrogens with zero attached hydrogens (tertiary/aromatic N) is 2. The number of ether oxygens (including phenoxy) is 2. The van der Waals surface area contributed by atoms with Crippen LogP contribution in [0.25, 0.3) is 0 Å². The third-order valence-corrected chi connectivity index (χ3v) is 3.37. The summed E-state index contributed by atoms with van der Waals surface area (Å²) in [6.45, 7) is 4.83. The SMILES string of the molecule is CC1(C)OCC(CNc2nccn(C3CC3)c2=O)O1. The Balaban J connectivity index is 1.64. The number of rotatable bonds is 4. The molecule has 3 rings (SSSR count). The lowest BCUT2D eigenvalue weighted by Crippen LogP contribution is -2.30. The largest absolute Gasteiger partial charge is 0.363 e. The summed E-state index contributed by atoms with van der Waals surface area (Å²) in [6, 6.07) is 0.362. The topological polar surface area (TPSA) is 65.4 Å². The van der Waals surface area contributed by atoms with Crippen LogP contribution >= 0.6 is 0 Å². The van der Waals surface area contributed by atoms with Crippen molar-refractivity contribution in [2.75, 3.05) is 18.5 Å². The Labute approximate surface area is 111 Å². The van der Waals surface area contributed by atoms with E-state index in [-0.39, 0.29) is 11.7 Å². The van der Waals surface area contributed by atoms with Gasteiger partial charge in [0.2, 0.25) is 0 Å². The number of hydrogen-bond donors (Lipinski definition) is 1. The summed E-state index contributed by atoms with van der Waals surface area (Å²) < 4.78 is 12.9. The van der Waals surface area contributed by atoms with Crippen molar-refractivity contribution in [3.05, 3.63) is 22.7 Å². The van der Waals surface area contributed by atoms with Gasteiger partial charge in [-0.25, -0.2) is 4.98 Å². The van der Waals surface area contributed by atoms with Gasteiger partial charge in [0.25, 0.3) is 5.56 Å². The highest BCUT2D eigenvalue weighted by Crippen LogP contribution is 2.33. The van der Waals surface area contributed by atoms with Crippen molar-refractivity contribution in [2.45, 2.75) is 44.6 Å². The highest BCUT2D eigenvalue weighted by atomic mass is 16.7. The molecule has 2 aliphatic rings. The molecule has 1 saturated heterocycles. The maximum absolute atomic E-state index is 12.1. The molecule has 1 atom stereocenters. The lowest BCUT2D eigenvalue weighted by Gasteiger charge is -2.17. The minimum atomic E-state index is -0.537. The van der Waals surface area contributed by atoms with Crippen LogP contribution in [0.5, 0.6) is 0 Å². The third-order valence-electron chi connectivity index (χ3n) is 3.37. The van der Waals surface area contributed by atoms with Gasteiger partial charge >= 0.3 is 0 Å². The zero-order valence-corrected chi connectivity index (χ0v) is 11.3. The summed E-state index contributed by atoms with van der Waals surface area (Å²) in [7, 11) is 0. The summed E-state index contributed by atoms with van der Waals surface area (Å²) in [5.74, 6) is -0.146. The molecule has 0 aromatic carbocycles. The lowest BCUT2D eigenvalue weighted by molar-refractivity contribution is -0.136. The fraction of sp³-hybridized carbons (Fsp3) is 0.692. The first-order chi connectivity index (χ1) is 9.05. The summed E-state index contributed by atoms with van der Waals surface area (Å²) in [4.78, 5) is 16.3. The molecule has 0 bridgehead atoms. The molecule has 1 aliphatic heterocycles. The number of hydrogen-bond acceptors (Lipinski definition) is 5. The molecule has 104 valence electrons. The molecule has 6 heteroatoms. The highest BCUT2D eigenvalue weighted by Gasteiger charge is 2.32. The first-order valence-corrected chi connectivity index (χ1v) is 6.68. The van der Waals surface area contributed by atoms with Crippen molar-refractivity contribution in [3.8, 4) is 0 Å². The summed E-state index contributed by atoms with van der Waals surface area (Å²) >= 11 is 0. The second kappa shape index (κ2) is 4.61. The Morgan fingerprint density at radius 1 is 1.53 bits per heavy atom. The van der Waals surface area contributed by atoms with Crippen molar-refractivity contribution < 1.29 is 9.47 Å². The molecule has 0 amide bonds. The number of nitrogens with one attached hydrogen (secondary N) is 1. The molecule has 1 aromatic rings. The van der Waals surface area contributed by atoms with Crippen molar-refractivity contribution in [3.63, 3.8) is 0 Å². The Morgan fingerprint density at radius 3 is 2.95 bits per heavy atom. The summed E-state index contributed by atoms with van der Waals surface area (Å²) in [6.07, 6.45) is 5.53. The average Bonchev–Trinajstić information content (AvgIpc) is 3.13. The van der Waals surface area contributed by atoms with E-state index in [0.29, 0.717) is 25.0 Å². The van der Waals surface area contributed by atoms with Crippen molar-refractivity contribution in [2.24, 2.45) is 0 Å². The molecular formula is C13H19N3O3. The van der Waals surface area contributed by atoms with Gasteiger partial charge in [0.05, 0.1) is 6.61 Å². The van der Waals surface area contributed by atoms with Crippen molar-refractivity contribution >= 4 is 5.82 Å². The molecule has 2 heterocycles. The normalized spacial score (nSPS) is 25.5. The smallest absolute Gasteiger partial charge is 0.293 e. The van der Waals surface area contributed by atoms with Crippen LogP contribution in [-0.4, -0.2) is 34.6 Å². The van der Waals surface area contributed by atoms with Gasteiger partial charge < -0.3 is 19.4 Å². The second-order valence-corrected chi connectivity index (χ2v) is 5.55. The first kappa shape index (κ1) is 12.6. The van der Waals surface area contributed by atoms with Gasteiger partial charge in [0.15, 0.2) is 11.6 Å². The fourth-order valence-corrected chi connectivity index (χ4v) is 2.26. The van der Waals surface area contributed by atoms with E-state index in [0.717, 1.165) is 12.8 Å². The standard InChI is InChI=1S/C13H19N3O3/c1-13(2)18-8-10(19-13)7-15-11-12(17)16(6-5-14-11)9-3-4-9/h5-6,9-10H,3-4,7-8H2,1-2H3,(H,14,15). The zero-order chi connectivity index (χ0) is 13.5. The molecule has 1 aliphatic carbocycles. The van der Waals surface area contributed by atoms with Crippen molar-refractivity contribution in [1.82, 2.24) is 9.55 Å². The van der Waals surface area contributed by atoms with Crippen LogP contribution < -0.4 is 10.9 Å². The van der Waals surface area contributed by atoms with Crippen LogP contribution in [0.1, 0.15) is 32.7 Å². The predicted molar refractivity (Wildman–Crippen MR) is 70.2 cm³/mol. The zero-order valence-electron chi connectivity index (χ0n) is 11.3. The van der Waals surface area contributed by atoms with E-state index in [1.54, 1.807) is 17.0 Å². The monoisotopic (exact) mass is 265 g/mol. The van der Waals surface area contributed by atoms with E-state index in [4.69, 9.17) is 9.47 Å². The van der Waals surface area contributed by atoms with Gasteiger partial charge in [-0.1, -0.05) is 0 Å². The van der Waals surface area contributed by atoms with Crippen LogP contribution in [0, 0.1) is 0 Å². The van der Waals surface area contributed by atoms with E-state index in [2.05, 4.69) is 10.3 Å². The molecule has 0 radical (unpaired) electrons. The van der Waals surface area contributed by atoms with E-state index in [1.165, 1.54) is 0 Å². The van der Waals surface area contributed by atoms with Gasteiger partial charge in [-0.3, -0.25) is 4.79 Å². The molecule has 1 N–H and O–H groups in total. The van der Waals surface area contributed by atoms with E-state index in [9.17, 15) is 4.79 Å². The van der Waals surface area contributed by atoms with Crippen LogP contribution in [-0.2, 0) is 9.47 Å². The summed E-state index contributed by atoms with van der Waals surface area (Å²) in [5.41, 5.74) is -0.0526. The van der Waals surface area contributed by atoms with Crippen molar-refractivity contribution in [1.29, 1.82) is 0 Å². The Morgan fingerprint density at radius 2 is 2.32 bits per heavy atom. The Kier molecular flexibility index (Phi) is 3.06. The van der Waals surface area contributed by atoms with Gasteiger partial charge in [0.1, 0.15) is 6.10 Å². The van der Waals surface area contributed by atoms with Crippen LogP contribution in [0.3, 0.4) is 0 Å². The van der Waals surface area contributed by atoms with E-state index in [1.807, 2.05) is 13.8 Å². The van der Waals surface area contributed by atoms with Crippen LogP contribution in [0.2, 0.25) is 0 Å². The molecule has 6 nitrogen and oxygen atoms in total. The van der Waals surface area contributed by atoms with E-state index < -0.39 is 5.79 Å². The Hall–Kier alpha value is -1.40. The molecule has 1 unspecified atom stereocenters. The number of aromatic nitrogens is 2. The molecule has 19 heavy (non-hydrogen) atoms. The maximum Gasteiger partial charge on any atom is 0.293 e. The summed E-state index contributed by atoms with van der Waals surface area (Å²) in [5, 5.41) is 3.07. The Bertz CT molecular complexity index is 522. The molecule has 2 fully saturated rings. The minimum Gasteiger partial charge on any atom is -0.363 e. The first-order valence-electron chi connectivity index (χ1n) is 6.68. The van der Waals surface area contributed by atoms with Gasteiger partial charge in [-0.2, -0.15) is 0 Å². The second-order valence-electron chi connectivity index (χ2n) is 5.55. The van der Waals surface area contributed by atoms with Gasteiger partial charge in [-0.15, -0.1) is 0 Å². The molecule has 1 saturated carbocycles. The molecular weight excluding hydrogens is 246 g/mol. The molecule has 1 aromatic heterocycles. The predicted octanol–water partition coefficient (Wildman–Crippen LogP) is 1.14. The fourth-order valence-electron chi connectivity index (χ4n) is 2.26. The quantitative estimate of drug-likeness (QED) is 0.884. The highest BCUT2D eigenvalue weighted by molar-refractivity contribution is 5.31. The third kappa shape index (κ3) is 2.79. The van der Waals surface area contributed by atoms with Crippen LogP contribution in [0.15, 0.2) is 17.2 Å².